The predicted octanol–water partition coefficient (Wildman–Crippen LogP) is 3.30. The summed E-state index contributed by atoms with van der Waals surface area (Å²) in [6.07, 6.45) is 1.87. The van der Waals surface area contributed by atoms with Crippen molar-refractivity contribution < 1.29 is 12.8 Å². The van der Waals surface area contributed by atoms with E-state index in [0.29, 0.717) is 11.8 Å². The first kappa shape index (κ1) is 14.9. The van der Waals surface area contributed by atoms with E-state index in [1.165, 1.54) is 6.07 Å². The third kappa shape index (κ3) is 3.17. The van der Waals surface area contributed by atoms with Gasteiger partial charge in [-0.1, -0.05) is 13.8 Å². The summed E-state index contributed by atoms with van der Waals surface area (Å²) in [5.41, 5.74) is 0. The minimum Gasteiger partial charge on any atom is -0.208 e. The molecule has 1 aliphatic rings. The maximum Gasteiger partial charge on any atom is 0.241 e. The third-order valence-electron chi connectivity index (χ3n) is 3.96. The van der Waals surface area contributed by atoms with Gasteiger partial charge in [-0.15, -0.1) is 0 Å². The molecule has 106 valence electrons. The Morgan fingerprint density at radius 2 is 2.00 bits per heavy atom. The van der Waals surface area contributed by atoms with Gasteiger partial charge in [0.1, 0.15) is 5.82 Å². The lowest BCUT2D eigenvalue weighted by Gasteiger charge is -2.20. The van der Waals surface area contributed by atoms with Gasteiger partial charge >= 0.3 is 0 Å². The zero-order valence-corrected chi connectivity index (χ0v) is 13.3. The highest BCUT2D eigenvalue weighted by atomic mass is 79.9. The standard InChI is InChI=1S/C13H17BrFNO2S/c1-8-3-5-12(9(8)2)16-19(17,18)13-6-4-10(15)7-11(13)14/h4,6-9,12,16H,3,5H2,1-2H3. The first-order valence-electron chi connectivity index (χ1n) is 6.28. The smallest absolute Gasteiger partial charge is 0.208 e. The molecule has 1 saturated carbocycles. The topological polar surface area (TPSA) is 46.2 Å². The Bertz CT molecular complexity index is 576. The number of hydrogen-bond donors (Lipinski definition) is 1. The summed E-state index contributed by atoms with van der Waals surface area (Å²) in [5, 5.41) is 0. The highest BCUT2D eigenvalue weighted by Crippen LogP contribution is 2.32. The molecule has 0 aliphatic heterocycles. The fraction of sp³-hybridized carbons (Fsp3) is 0.538. The predicted molar refractivity (Wildman–Crippen MR) is 75.8 cm³/mol. The van der Waals surface area contributed by atoms with Gasteiger partial charge in [-0.2, -0.15) is 0 Å². The Morgan fingerprint density at radius 1 is 1.32 bits per heavy atom. The van der Waals surface area contributed by atoms with Crippen molar-refractivity contribution in [2.45, 2.75) is 37.6 Å². The molecule has 0 amide bonds. The molecule has 0 saturated heterocycles. The molecule has 2 rings (SSSR count). The number of benzene rings is 1. The first-order valence-corrected chi connectivity index (χ1v) is 8.56. The number of rotatable bonds is 3. The molecule has 0 bridgehead atoms. The molecule has 0 radical (unpaired) electrons. The van der Waals surface area contributed by atoms with Crippen molar-refractivity contribution in [3.05, 3.63) is 28.5 Å². The van der Waals surface area contributed by atoms with Crippen molar-refractivity contribution in [1.29, 1.82) is 0 Å². The second-order valence-electron chi connectivity index (χ2n) is 5.22. The van der Waals surface area contributed by atoms with Crippen LogP contribution in [0.2, 0.25) is 0 Å². The average Bonchev–Trinajstić information content (AvgIpc) is 2.60. The van der Waals surface area contributed by atoms with Crippen LogP contribution in [0.5, 0.6) is 0 Å². The van der Waals surface area contributed by atoms with E-state index in [2.05, 4.69) is 34.5 Å². The van der Waals surface area contributed by atoms with Crippen LogP contribution < -0.4 is 4.72 Å². The number of sulfonamides is 1. The number of hydrogen-bond acceptors (Lipinski definition) is 2. The van der Waals surface area contributed by atoms with Gasteiger partial charge < -0.3 is 0 Å². The normalized spacial score (nSPS) is 27.7. The van der Waals surface area contributed by atoms with E-state index < -0.39 is 15.8 Å². The summed E-state index contributed by atoms with van der Waals surface area (Å²) in [6, 6.07) is 3.55. The van der Waals surface area contributed by atoms with Gasteiger partial charge in [0.25, 0.3) is 0 Å². The maximum atomic E-state index is 13.0. The SMILES string of the molecule is CC1CCC(NS(=O)(=O)c2ccc(F)cc2Br)C1C. The second kappa shape index (κ2) is 5.50. The van der Waals surface area contributed by atoms with Gasteiger partial charge in [0.2, 0.25) is 10.0 Å². The molecule has 1 aliphatic carbocycles. The minimum absolute atomic E-state index is 0.0445. The largest absolute Gasteiger partial charge is 0.241 e. The molecule has 0 heterocycles. The lowest BCUT2D eigenvalue weighted by Crippen LogP contribution is -2.37. The van der Waals surface area contributed by atoms with E-state index in [9.17, 15) is 12.8 Å². The Balaban J connectivity index is 2.23. The van der Waals surface area contributed by atoms with E-state index >= 15 is 0 Å². The van der Waals surface area contributed by atoms with Crippen LogP contribution in [-0.2, 0) is 10.0 Å². The molecule has 1 aromatic rings. The van der Waals surface area contributed by atoms with E-state index in [-0.39, 0.29) is 15.4 Å². The highest BCUT2D eigenvalue weighted by molar-refractivity contribution is 9.10. The second-order valence-corrected chi connectivity index (χ2v) is 7.75. The Hall–Kier alpha value is -0.460. The molecule has 19 heavy (non-hydrogen) atoms. The van der Waals surface area contributed by atoms with Crippen molar-refractivity contribution in [3.63, 3.8) is 0 Å². The van der Waals surface area contributed by atoms with Crippen molar-refractivity contribution in [2.75, 3.05) is 0 Å². The quantitative estimate of drug-likeness (QED) is 0.909. The van der Waals surface area contributed by atoms with E-state index in [4.69, 9.17) is 0 Å². The minimum atomic E-state index is -3.61. The van der Waals surface area contributed by atoms with Gasteiger partial charge in [0.15, 0.2) is 0 Å². The van der Waals surface area contributed by atoms with Gasteiger partial charge in [-0.05, 0) is 58.8 Å². The van der Waals surface area contributed by atoms with Crippen LogP contribution in [0.25, 0.3) is 0 Å². The number of nitrogens with one attached hydrogen (secondary N) is 1. The van der Waals surface area contributed by atoms with Crippen LogP contribution in [0.3, 0.4) is 0 Å². The van der Waals surface area contributed by atoms with Crippen LogP contribution in [0, 0.1) is 17.7 Å². The fourth-order valence-electron chi connectivity index (χ4n) is 2.49. The van der Waals surface area contributed by atoms with Crippen molar-refractivity contribution in [3.8, 4) is 0 Å². The van der Waals surface area contributed by atoms with Gasteiger partial charge in [-0.3, -0.25) is 0 Å². The monoisotopic (exact) mass is 349 g/mol. The Labute approximate surface area is 121 Å². The molecular formula is C13H17BrFNO2S. The summed E-state index contributed by atoms with van der Waals surface area (Å²) >= 11 is 3.10. The lowest BCUT2D eigenvalue weighted by molar-refractivity contribution is 0.402. The fourth-order valence-corrected chi connectivity index (χ4v) is 4.90. The van der Waals surface area contributed by atoms with E-state index in [0.717, 1.165) is 25.0 Å². The van der Waals surface area contributed by atoms with Gasteiger partial charge in [0, 0.05) is 10.5 Å². The summed E-state index contributed by atoms with van der Waals surface area (Å²) in [4.78, 5) is 0.0839. The molecule has 0 spiro atoms. The maximum absolute atomic E-state index is 13.0. The molecular weight excluding hydrogens is 333 g/mol. The van der Waals surface area contributed by atoms with Crippen molar-refractivity contribution in [2.24, 2.45) is 11.8 Å². The first-order chi connectivity index (χ1) is 8.81. The summed E-state index contributed by atoms with van der Waals surface area (Å²) in [6.45, 7) is 4.19. The molecule has 1 N–H and O–H groups in total. The zero-order valence-electron chi connectivity index (χ0n) is 10.9. The van der Waals surface area contributed by atoms with Gasteiger partial charge in [-0.25, -0.2) is 17.5 Å². The molecule has 1 aromatic carbocycles. The summed E-state index contributed by atoms with van der Waals surface area (Å²) in [5.74, 6) is 0.368. The Kier molecular flexibility index (Phi) is 4.32. The van der Waals surface area contributed by atoms with Crippen LogP contribution in [0.1, 0.15) is 26.7 Å². The Morgan fingerprint density at radius 3 is 2.53 bits per heavy atom. The van der Waals surface area contributed by atoms with Crippen molar-refractivity contribution in [1.82, 2.24) is 4.72 Å². The molecule has 6 heteroatoms. The van der Waals surface area contributed by atoms with E-state index in [1.54, 1.807) is 0 Å². The zero-order chi connectivity index (χ0) is 14.2. The molecule has 0 aromatic heterocycles. The van der Waals surface area contributed by atoms with Crippen LogP contribution >= 0.6 is 15.9 Å². The van der Waals surface area contributed by atoms with E-state index in [1.807, 2.05) is 0 Å². The van der Waals surface area contributed by atoms with Crippen LogP contribution in [0.15, 0.2) is 27.6 Å². The van der Waals surface area contributed by atoms with Crippen molar-refractivity contribution >= 4 is 26.0 Å². The highest BCUT2D eigenvalue weighted by Gasteiger charge is 2.33. The number of halogens is 2. The van der Waals surface area contributed by atoms with Crippen LogP contribution in [0.4, 0.5) is 4.39 Å². The summed E-state index contributed by atoms with van der Waals surface area (Å²) in [7, 11) is -3.61. The lowest BCUT2D eigenvalue weighted by atomic mass is 9.98. The summed E-state index contributed by atoms with van der Waals surface area (Å²) < 4.78 is 40.6. The molecule has 1 fully saturated rings. The molecule has 3 atom stereocenters. The van der Waals surface area contributed by atoms with Gasteiger partial charge in [0.05, 0.1) is 4.90 Å². The molecule has 3 nitrogen and oxygen atoms in total. The third-order valence-corrected chi connectivity index (χ3v) is 6.42. The average molecular weight is 350 g/mol. The van der Waals surface area contributed by atoms with Crippen LogP contribution in [-0.4, -0.2) is 14.5 Å². The molecule has 3 unspecified atom stereocenters.